The Labute approximate surface area is 224 Å². The second-order valence-corrected chi connectivity index (χ2v) is 9.95. The number of carbonyl (C=O) groups is 4. The summed E-state index contributed by atoms with van der Waals surface area (Å²) < 4.78 is 5.83. The molecule has 0 spiro atoms. The van der Waals surface area contributed by atoms with Gasteiger partial charge in [-0.3, -0.25) is 19.2 Å². The molecule has 1 aliphatic rings. The number of anilines is 2. The molecule has 1 saturated carbocycles. The Morgan fingerprint density at radius 1 is 1.00 bits per heavy atom. The van der Waals surface area contributed by atoms with E-state index in [4.69, 9.17) is 16.0 Å². The maximum atomic E-state index is 13.3. The van der Waals surface area contributed by atoms with Gasteiger partial charge in [-0.2, -0.15) is 0 Å². The van der Waals surface area contributed by atoms with Crippen LogP contribution in [0.15, 0.2) is 35.0 Å². The van der Waals surface area contributed by atoms with E-state index >= 15 is 0 Å². The molecular weight excluding hydrogens is 512 g/mol. The highest BCUT2D eigenvalue weighted by atomic mass is 35.5. The molecule has 0 atom stereocenters. The van der Waals surface area contributed by atoms with E-state index in [0.29, 0.717) is 30.7 Å². The molecule has 0 bridgehead atoms. The van der Waals surface area contributed by atoms with Gasteiger partial charge < -0.3 is 24.9 Å². The first kappa shape index (κ1) is 27.1. The lowest BCUT2D eigenvalue weighted by atomic mass is 9.85. The van der Waals surface area contributed by atoms with Crippen LogP contribution in [-0.4, -0.2) is 70.6 Å². The highest BCUT2D eigenvalue weighted by Crippen LogP contribution is 2.33. The van der Waals surface area contributed by atoms with E-state index in [1.807, 2.05) is 0 Å². The molecule has 0 saturated heterocycles. The lowest BCUT2D eigenvalue weighted by molar-refractivity contribution is -0.130. The van der Waals surface area contributed by atoms with Gasteiger partial charge in [-0.15, -0.1) is 0 Å². The third-order valence-corrected chi connectivity index (χ3v) is 6.94. The Hall–Kier alpha value is -3.99. The lowest BCUT2D eigenvalue weighted by Gasteiger charge is -2.33. The number of fused-ring (bicyclic) bond motifs is 1. The highest BCUT2D eigenvalue weighted by Gasteiger charge is 2.31. The molecule has 0 aromatic carbocycles. The molecule has 38 heavy (non-hydrogen) atoms. The summed E-state index contributed by atoms with van der Waals surface area (Å²) in [6.45, 7) is 1.53. The summed E-state index contributed by atoms with van der Waals surface area (Å²) in [7, 11) is 4.99. The van der Waals surface area contributed by atoms with Crippen molar-refractivity contribution >= 4 is 57.8 Å². The molecule has 3 aromatic heterocycles. The summed E-state index contributed by atoms with van der Waals surface area (Å²) in [4.78, 5) is 62.1. The fraction of sp³-hybridized carbons (Fsp3) is 0.385. The quantitative estimate of drug-likeness (QED) is 0.485. The van der Waals surface area contributed by atoms with E-state index in [-0.39, 0.29) is 63.6 Å². The maximum absolute atomic E-state index is 13.3. The van der Waals surface area contributed by atoms with Crippen LogP contribution in [0, 0.1) is 5.92 Å². The third kappa shape index (κ3) is 5.77. The molecule has 2 N–H and O–H groups in total. The predicted octanol–water partition coefficient (Wildman–Crippen LogP) is 3.81. The maximum Gasteiger partial charge on any atom is 0.294 e. The zero-order valence-corrected chi connectivity index (χ0v) is 22.3. The molecule has 11 nitrogen and oxygen atoms in total. The zero-order valence-electron chi connectivity index (χ0n) is 21.6. The third-order valence-electron chi connectivity index (χ3n) is 6.72. The van der Waals surface area contributed by atoms with Crippen molar-refractivity contribution in [3.63, 3.8) is 0 Å². The topological polar surface area (TPSA) is 138 Å². The van der Waals surface area contributed by atoms with Crippen LogP contribution in [0.4, 0.5) is 11.5 Å². The van der Waals surface area contributed by atoms with Gasteiger partial charge in [0.2, 0.25) is 17.6 Å². The summed E-state index contributed by atoms with van der Waals surface area (Å²) in [5.74, 6) is -1.46. The Kier molecular flexibility index (Phi) is 7.96. The van der Waals surface area contributed by atoms with E-state index in [1.165, 1.54) is 36.4 Å². The van der Waals surface area contributed by atoms with E-state index in [2.05, 4.69) is 20.6 Å². The van der Waals surface area contributed by atoms with Gasteiger partial charge in [0.25, 0.3) is 11.8 Å². The number of hydrogen-bond donors (Lipinski definition) is 2. The minimum atomic E-state index is -0.652. The monoisotopic (exact) mass is 540 g/mol. The summed E-state index contributed by atoms with van der Waals surface area (Å²) in [6, 6.07) is 4.69. The Morgan fingerprint density at radius 3 is 2.32 bits per heavy atom. The molecule has 1 aliphatic carbocycles. The summed E-state index contributed by atoms with van der Waals surface area (Å²) in [6.07, 6.45) is 5.35. The van der Waals surface area contributed by atoms with Gasteiger partial charge in [0.15, 0.2) is 5.58 Å². The number of amides is 4. The molecule has 200 valence electrons. The van der Waals surface area contributed by atoms with Crippen molar-refractivity contribution in [2.24, 2.45) is 5.92 Å². The first-order valence-electron chi connectivity index (χ1n) is 12.2. The minimum absolute atomic E-state index is 0.00760. The second-order valence-electron chi connectivity index (χ2n) is 9.52. The number of rotatable bonds is 6. The van der Waals surface area contributed by atoms with Gasteiger partial charge in [-0.05, 0) is 43.9 Å². The van der Waals surface area contributed by atoms with Gasteiger partial charge in [0.05, 0.1) is 10.6 Å². The average molecular weight is 541 g/mol. The Balaban J connectivity index is 1.62. The van der Waals surface area contributed by atoms with Crippen molar-refractivity contribution in [2.75, 3.05) is 31.8 Å². The molecule has 4 amide bonds. The van der Waals surface area contributed by atoms with Gasteiger partial charge in [-0.25, -0.2) is 9.97 Å². The Morgan fingerprint density at radius 2 is 1.71 bits per heavy atom. The van der Waals surface area contributed by atoms with Crippen LogP contribution in [0.5, 0.6) is 0 Å². The van der Waals surface area contributed by atoms with Gasteiger partial charge in [-0.1, -0.05) is 11.6 Å². The number of halogens is 1. The van der Waals surface area contributed by atoms with E-state index < -0.39 is 5.91 Å². The van der Waals surface area contributed by atoms with Crippen LogP contribution in [-0.2, 0) is 9.59 Å². The summed E-state index contributed by atoms with van der Waals surface area (Å²) in [5.41, 5.74) is 0.804. The van der Waals surface area contributed by atoms with Crippen molar-refractivity contribution in [3.8, 4) is 0 Å². The van der Waals surface area contributed by atoms with Gasteiger partial charge >= 0.3 is 0 Å². The van der Waals surface area contributed by atoms with Gasteiger partial charge in [0, 0.05) is 52.4 Å². The molecule has 1 fully saturated rings. The number of nitrogens with one attached hydrogen (secondary N) is 2. The van der Waals surface area contributed by atoms with Crippen LogP contribution in [0.3, 0.4) is 0 Å². The van der Waals surface area contributed by atoms with Crippen molar-refractivity contribution < 1.29 is 23.6 Å². The molecule has 4 rings (SSSR count). The molecule has 0 aliphatic heterocycles. The van der Waals surface area contributed by atoms with Crippen LogP contribution >= 0.6 is 11.6 Å². The van der Waals surface area contributed by atoms with Crippen LogP contribution in [0.2, 0.25) is 5.02 Å². The lowest BCUT2D eigenvalue weighted by Crippen LogP contribution is -2.40. The zero-order chi connectivity index (χ0) is 27.6. The number of hydrogen-bond acceptors (Lipinski definition) is 7. The largest absolute Gasteiger partial charge is 0.447 e. The van der Waals surface area contributed by atoms with Crippen LogP contribution < -0.4 is 10.6 Å². The number of nitrogens with zero attached hydrogens (tertiary/aromatic N) is 4. The highest BCUT2D eigenvalue weighted by molar-refractivity contribution is 6.30. The predicted molar refractivity (Wildman–Crippen MR) is 142 cm³/mol. The summed E-state index contributed by atoms with van der Waals surface area (Å²) >= 11 is 5.88. The second kappa shape index (κ2) is 11.2. The smallest absolute Gasteiger partial charge is 0.294 e. The number of carbonyl (C=O) groups excluding carboxylic acids is 4. The number of pyridine rings is 2. The van der Waals surface area contributed by atoms with Crippen LogP contribution in [0.25, 0.3) is 11.1 Å². The first-order chi connectivity index (χ1) is 18.0. The van der Waals surface area contributed by atoms with E-state index in [1.54, 1.807) is 32.1 Å². The van der Waals surface area contributed by atoms with Crippen LogP contribution in [0.1, 0.15) is 53.5 Å². The normalized spacial score (nSPS) is 17.1. The van der Waals surface area contributed by atoms with E-state index in [0.717, 1.165) is 0 Å². The standard InChI is InChI=1S/C26H29ClN6O5/c1-14(34)33(4)18-8-5-15(6-9-18)24(35)31-22-21-19(11-16(12-29-21)26(37)32(2)3)38-23(22)25(36)30-20-10-7-17(27)13-28-20/h7,10-13,15,18H,5-6,8-9H2,1-4H3,(H,31,35)(H,28,30,36). The molecule has 0 unspecified atom stereocenters. The van der Waals surface area contributed by atoms with Gasteiger partial charge in [0.1, 0.15) is 17.0 Å². The molecule has 0 radical (unpaired) electrons. The SMILES string of the molecule is CC(=O)N(C)C1CCC(C(=O)Nc2c(C(=O)Nc3ccc(Cl)cn3)oc3cc(C(=O)N(C)C)cnc23)CC1. The van der Waals surface area contributed by atoms with E-state index in [9.17, 15) is 19.2 Å². The fourth-order valence-electron chi connectivity index (χ4n) is 4.46. The van der Waals surface area contributed by atoms with Crippen molar-refractivity contribution in [1.82, 2.24) is 19.8 Å². The molecular formula is C26H29ClN6O5. The Bertz CT molecular complexity index is 1380. The molecule has 12 heteroatoms. The summed E-state index contributed by atoms with van der Waals surface area (Å²) in [5, 5.41) is 5.88. The van der Waals surface area contributed by atoms with Crippen molar-refractivity contribution in [3.05, 3.63) is 46.9 Å². The number of aromatic nitrogens is 2. The minimum Gasteiger partial charge on any atom is -0.447 e. The fourth-order valence-corrected chi connectivity index (χ4v) is 4.57. The van der Waals surface area contributed by atoms with Crippen molar-refractivity contribution in [2.45, 2.75) is 38.6 Å². The van der Waals surface area contributed by atoms with Crippen molar-refractivity contribution in [1.29, 1.82) is 0 Å². The molecule has 3 aromatic rings. The number of furan rings is 1. The molecule has 3 heterocycles. The average Bonchev–Trinajstić information content (AvgIpc) is 3.26. The first-order valence-corrected chi connectivity index (χ1v) is 12.5.